The Bertz CT molecular complexity index is 23.6. The molecule has 0 aromatic carbocycles. The van der Waals surface area contributed by atoms with Crippen LogP contribution >= 0.6 is 58.2 Å². The van der Waals surface area contributed by atoms with Gasteiger partial charge in [-0.1, -0.05) is 0 Å². The quantitative estimate of drug-likeness (QED) is 0.451. The van der Waals surface area contributed by atoms with Crippen molar-refractivity contribution in [2.45, 2.75) is 0 Å². The first kappa shape index (κ1) is 7.20. The van der Waals surface area contributed by atoms with Crippen LogP contribution in [-0.2, 0) is 0 Å². The Morgan fingerprint density at radius 2 is 1.80 bits per heavy atom. The van der Waals surface area contributed by atoms with Crippen molar-refractivity contribution in [1.29, 1.82) is 0 Å². The summed E-state index contributed by atoms with van der Waals surface area (Å²) in [5, 5.41) is 0. The maximum Gasteiger partial charge on any atom is 0.113 e. The summed E-state index contributed by atoms with van der Waals surface area (Å²) in [6, 6.07) is 0. The zero-order chi connectivity index (χ0) is 4.28. The van der Waals surface area contributed by atoms with E-state index in [0.29, 0.717) is 0 Å². The average Bonchev–Trinajstić information content (AvgIpc) is 1.38. The first-order chi connectivity index (χ1) is 2.27. The molecule has 0 atom stereocenters. The molecule has 0 aliphatic carbocycles. The second kappa shape index (κ2) is 4.36. The van der Waals surface area contributed by atoms with Crippen LogP contribution in [0.2, 0.25) is 0 Å². The van der Waals surface area contributed by atoms with Gasteiger partial charge < -0.3 is 4.55 Å². The standard InChI is InChI=1S/HI2OPS/c1-4(2)5-3/h3H. The van der Waals surface area contributed by atoms with Crippen molar-refractivity contribution in [2.24, 2.45) is 0 Å². The Balaban J connectivity index is 2.54. The third-order valence-electron chi connectivity index (χ3n) is 0.0617. The highest BCUT2D eigenvalue weighted by Gasteiger charge is 1.88. The predicted molar refractivity (Wildman–Crippen MR) is 45.2 cm³/mol. The second-order valence-corrected chi connectivity index (χ2v) is 17.7. The van der Waals surface area contributed by atoms with Crippen molar-refractivity contribution in [2.75, 3.05) is 0 Å². The predicted octanol–water partition coefficient (Wildman–Crippen LogP) is 3.29. The van der Waals surface area contributed by atoms with Gasteiger partial charge in [-0.15, -0.1) is 0 Å². The Morgan fingerprint density at radius 3 is 1.80 bits per heavy atom. The molecule has 0 radical (unpaired) electrons. The average molecular weight is 334 g/mol. The summed E-state index contributed by atoms with van der Waals surface area (Å²) in [6.45, 7) is 0. The Morgan fingerprint density at radius 1 is 1.60 bits per heavy atom. The monoisotopic (exact) mass is 334 g/mol. The van der Waals surface area contributed by atoms with Crippen LogP contribution in [0, 0.1) is 0 Å². The normalized spacial score (nSPS) is 9.60. The third kappa shape index (κ3) is 6.20. The largest absolute Gasteiger partial charge is 0.325 e. The van der Waals surface area contributed by atoms with E-state index in [0.717, 1.165) is 11.7 Å². The Hall–Kier alpha value is 2.20. The molecule has 0 aromatic rings. The van der Waals surface area contributed by atoms with Crippen LogP contribution in [0.3, 0.4) is 0 Å². The topological polar surface area (TPSA) is 20.2 Å². The van der Waals surface area contributed by atoms with Gasteiger partial charge in [0, 0.05) is 11.7 Å². The molecule has 0 bridgehead atoms. The smallest absolute Gasteiger partial charge is 0.113 e. The van der Waals surface area contributed by atoms with Gasteiger partial charge in [0.2, 0.25) is 0 Å². The fourth-order valence-corrected chi connectivity index (χ4v) is 0. The first-order valence-corrected chi connectivity index (χ1v) is 8.99. The van der Waals surface area contributed by atoms with Crippen LogP contribution in [0.25, 0.3) is 0 Å². The summed E-state index contributed by atoms with van der Waals surface area (Å²) in [6.07, 6.45) is 0. The molecular weight excluding hydrogens is 333 g/mol. The maximum absolute atomic E-state index is 8.07. The van der Waals surface area contributed by atoms with Gasteiger partial charge in [0.25, 0.3) is 0 Å². The van der Waals surface area contributed by atoms with Gasteiger partial charge in [0.05, 0.1) is 0 Å². The zero-order valence-electron chi connectivity index (χ0n) is 2.06. The third-order valence-corrected chi connectivity index (χ3v) is 3.73. The highest BCUT2D eigenvalue weighted by molar-refractivity contribution is 14.3. The lowest BCUT2D eigenvalue weighted by Crippen LogP contribution is -1.25. The fraction of sp³-hybridized carbons (Fsp3) is 0. The van der Waals surface area contributed by atoms with Crippen LogP contribution in [0.15, 0.2) is 0 Å². The molecule has 0 aliphatic heterocycles. The van der Waals surface area contributed by atoms with E-state index in [4.69, 9.17) is 4.55 Å². The highest BCUT2D eigenvalue weighted by Crippen LogP contribution is 2.63. The molecule has 0 saturated carbocycles. The first-order valence-electron chi connectivity index (χ1n) is 0.703. The lowest BCUT2D eigenvalue weighted by atomic mass is 15.9. The summed E-state index contributed by atoms with van der Waals surface area (Å²) in [5.74, 6) is 0. The molecule has 0 aliphatic rings. The molecule has 0 heterocycles. The van der Waals surface area contributed by atoms with Crippen molar-refractivity contribution >= 4 is 58.2 Å². The molecule has 1 nitrogen and oxygen atoms in total. The minimum Gasteiger partial charge on any atom is -0.325 e. The molecule has 0 saturated heterocycles. The molecule has 0 spiro atoms. The summed E-state index contributed by atoms with van der Waals surface area (Å²) in [7, 11) is 0. The highest BCUT2D eigenvalue weighted by atomic mass is 127. The Kier molecular flexibility index (Phi) is 6.28. The van der Waals surface area contributed by atoms with E-state index < -0.39 is 0 Å². The lowest BCUT2D eigenvalue weighted by Gasteiger charge is -1.83. The molecule has 5 heavy (non-hydrogen) atoms. The van der Waals surface area contributed by atoms with Crippen LogP contribution < -0.4 is 0 Å². The summed E-state index contributed by atoms with van der Waals surface area (Å²) >= 11 is 5.26. The molecule has 5 heteroatoms. The van der Waals surface area contributed by atoms with Crippen molar-refractivity contribution in [3.8, 4) is 0 Å². The van der Waals surface area contributed by atoms with E-state index in [9.17, 15) is 0 Å². The fourth-order valence-electron chi connectivity index (χ4n) is 0. The van der Waals surface area contributed by atoms with Gasteiger partial charge in [0.15, 0.2) is 0 Å². The molecule has 1 N–H and O–H groups in total. The molecule has 32 valence electrons. The minimum absolute atomic E-state index is 0.186. The van der Waals surface area contributed by atoms with Crippen LogP contribution in [0.1, 0.15) is 0 Å². The Labute approximate surface area is 62.0 Å². The molecule has 0 fully saturated rings. The van der Waals surface area contributed by atoms with Crippen LogP contribution in [-0.4, -0.2) is 4.55 Å². The number of rotatable bonds is 1. The molecule has 0 amide bonds. The van der Waals surface area contributed by atoms with E-state index in [2.05, 4.69) is 44.1 Å². The van der Waals surface area contributed by atoms with E-state index in [1.165, 1.54) is 0 Å². The number of halogens is 2. The summed E-state index contributed by atoms with van der Waals surface area (Å²) in [4.78, 5) is 0. The van der Waals surface area contributed by atoms with Gasteiger partial charge in [-0.05, 0) is 44.1 Å². The van der Waals surface area contributed by atoms with Gasteiger partial charge in [0.1, 0.15) is 2.41 Å². The van der Waals surface area contributed by atoms with Crippen molar-refractivity contribution in [3.63, 3.8) is 0 Å². The van der Waals surface area contributed by atoms with Crippen LogP contribution in [0.5, 0.6) is 0 Å². The van der Waals surface area contributed by atoms with E-state index in [-0.39, 0.29) is 2.41 Å². The van der Waals surface area contributed by atoms with Crippen LogP contribution in [0.4, 0.5) is 0 Å². The van der Waals surface area contributed by atoms with E-state index in [1.54, 1.807) is 0 Å². The molecular formula is HI2OPS. The molecule has 0 unspecified atom stereocenters. The summed E-state index contributed by atoms with van der Waals surface area (Å²) in [5.41, 5.74) is 0. The van der Waals surface area contributed by atoms with Gasteiger partial charge in [-0.2, -0.15) is 0 Å². The SMILES string of the molecule is OSP(I)I. The molecule has 0 aromatic heterocycles. The number of hydrogen-bond donors (Lipinski definition) is 1. The van der Waals surface area contributed by atoms with Gasteiger partial charge in [-0.25, -0.2) is 0 Å². The van der Waals surface area contributed by atoms with Crippen molar-refractivity contribution in [3.05, 3.63) is 0 Å². The van der Waals surface area contributed by atoms with Gasteiger partial charge >= 0.3 is 0 Å². The number of hydrogen-bond acceptors (Lipinski definition) is 2. The zero-order valence-corrected chi connectivity index (χ0v) is 8.08. The van der Waals surface area contributed by atoms with E-state index >= 15 is 0 Å². The minimum atomic E-state index is -0.186. The lowest BCUT2D eigenvalue weighted by molar-refractivity contribution is 0.676. The summed E-state index contributed by atoms with van der Waals surface area (Å²) < 4.78 is 7.89. The van der Waals surface area contributed by atoms with Gasteiger partial charge in [-0.3, -0.25) is 0 Å². The van der Waals surface area contributed by atoms with Crippen molar-refractivity contribution in [1.82, 2.24) is 0 Å². The maximum atomic E-state index is 8.07. The second-order valence-electron chi connectivity index (χ2n) is 0.284. The van der Waals surface area contributed by atoms with Crippen molar-refractivity contribution < 1.29 is 4.55 Å². The molecule has 0 rings (SSSR count). The van der Waals surface area contributed by atoms with E-state index in [1.807, 2.05) is 0 Å².